The van der Waals surface area contributed by atoms with Crippen LogP contribution in [0, 0.1) is 0 Å². The summed E-state index contributed by atoms with van der Waals surface area (Å²) in [5.41, 5.74) is 0.780. The predicted molar refractivity (Wildman–Crippen MR) is 61.5 cm³/mol. The van der Waals surface area contributed by atoms with E-state index in [1.165, 1.54) is 4.90 Å². The minimum Gasteiger partial charge on any atom is -0.380 e. The molecule has 1 atom stereocenters. The van der Waals surface area contributed by atoms with Crippen LogP contribution in [0.4, 0.5) is 0 Å². The van der Waals surface area contributed by atoms with E-state index in [4.69, 9.17) is 4.74 Å². The molecule has 0 saturated carbocycles. The molecule has 1 saturated heterocycles. The van der Waals surface area contributed by atoms with Crippen molar-refractivity contribution < 1.29 is 9.53 Å². The number of carbonyl (C=O) groups excluding carboxylic acids is 1. The van der Waals surface area contributed by atoms with Crippen LogP contribution in [0.3, 0.4) is 0 Å². The van der Waals surface area contributed by atoms with Crippen molar-refractivity contribution >= 4 is 17.5 Å². The molecule has 1 aliphatic heterocycles. The number of Topliss-reactive ketones (excluding diaryl/α,β-unsaturated/α-hetero) is 1. The fourth-order valence-corrected chi connectivity index (χ4v) is 2.62. The fraction of sp³-hybridized carbons (Fsp3) is 0.417. The number of hydrogen-bond acceptors (Lipinski definition) is 3. The number of ether oxygens (including phenoxy) is 1. The van der Waals surface area contributed by atoms with Gasteiger partial charge in [-0.1, -0.05) is 12.1 Å². The Morgan fingerprint density at radius 1 is 1.40 bits per heavy atom. The topological polar surface area (TPSA) is 26.3 Å². The van der Waals surface area contributed by atoms with Crippen molar-refractivity contribution in [2.45, 2.75) is 23.5 Å². The van der Waals surface area contributed by atoms with Crippen LogP contribution >= 0.6 is 11.8 Å². The molecule has 1 aromatic carbocycles. The van der Waals surface area contributed by atoms with Crippen LogP contribution < -0.4 is 0 Å². The molecular formula is C12H14O2S. The lowest BCUT2D eigenvalue weighted by molar-refractivity contribution is 0.101. The first kappa shape index (κ1) is 10.7. The van der Waals surface area contributed by atoms with Gasteiger partial charge in [0.05, 0.1) is 6.61 Å². The highest BCUT2D eigenvalue weighted by Gasteiger charge is 2.16. The van der Waals surface area contributed by atoms with Gasteiger partial charge >= 0.3 is 0 Å². The predicted octanol–water partition coefficient (Wildman–Crippen LogP) is 2.77. The molecule has 0 aromatic heterocycles. The third-order valence-corrected chi connectivity index (χ3v) is 3.70. The molecule has 1 heterocycles. The van der Waals surface area contributed by atoms with Crippen LogP contribution in [0.1, 0.15) is 23.7 Å². The molecule has 80 valence electrons. The van der Waals surface area contributed by atoms with E-state index in [-0.39, 0.29) is 5.78 Å². The summed E-state index contributed by atoms with van der Waals surface area (Å²) in [5, 5.41) is 0.577. The quantitative estimate of drug-likeness (QED) is 0.736. The second-order valence-corrected chi connectivity index (χ2v) is 5.06. The van der Waals surface area contributed by atoms with Crippen LogP contribution in [0.5, 0.6) is 0 Å². The van der Waals surface area contributed by atoms with Gasteiger partial charge in [-0.05, 0) is 25.5 Å². The van der Waals surface area contributed by atoms with Gasteiger partial charge in [0, 0.05) is 22.3 Å². The van der Waals surface area contributed by atoms with E-state index >= 15 is 0 Å². The first-order chi connectivity index (χ1) is 7.25. The third-order valence-electron chi connectivity index (χ3n) is 2.45. The third kappa shape index (κ3) is 2.83. The monoisotopic (exact) mass is 222 g/mol. The summed E-state index contributed by atoms with van der Waals surface area (Å²) < 4.78 is 5.32. The summed E-state index contributed by atoms with van der Waals surface area (Å²) in [6.07, 6.45) is 1.12. The SMILES string of the molecule is CC(=O)c1ccc(SC2CCOC2)cc1. The molecule has 2 nitrogen and oxygen atoms in total. The molecule has 1 fully saturated rings. The van der Waals surface area contributed by atoms with Gasteiger partial charge < -0.3 is 4.74 Å². The van der Waals surface area contributed by atoms with Crippen LogP contribution in [-0.2, 0) is 4.74 Å². The minimum absolute atomic E-state index is 0.121. The molecule has 2 rings (SSSR count). The van der Waals surface area contributed by atoms with Gasteiger partial charge in [0.2, 0.25) is 0 Å². The Kier molecular flexibility index (Phi) is 3.44. The Morgan fingerprint density at radius 3 is 2.67 bits per heavy atom. The van der Waals surface area contributed by atoms with Crippen molar-refractivity contribution in [1.29, 1.82) is 0 Å². The van der Waals surface area contributed by atoms with E-state index in [0.29, 0.717) is 5.25 Å². The summed E-state index contributed by atoms with van der Waals surface area (Å²) in [5.74, 6) is 0.121. The number of thioether (sulfide) groups is 1. The molecule has 0 N–H and O–H groups in total. The molecule has 1 aliphatic rings. The second kappa shape index (κ2) is 4.81. The summed E-state index contributed by atoms with van der Waals surface area (Å²) >= 11 is 1.84. The standard InChI is InChI=1S/C12H14O2S/c1-9(13)10-2-4-11(5-3-10)15-12-6-7-14-8-12/h2-5,12H,6-8H2,1H3. The summed E-state index contributed by atoms with van der Waals surface area (Å²) in [4.78, 5) is 12.3. The Balaban J connectivity index is 2.00. The maximum Gasteiger partial charge on any atom is 0.159 e. The zero-order valence-electron chi connectivity index (χ0n) is 8.73. The summed E-state index contributed by atoms with van der Waals surface area (Å²) in [6.45, 7) is 3.31. The van der Waals surface area contributed by atoms with E-state index < -0.39 is 0 Å². The van der Waals surface area contributed by atoms with E-state index in [1.807, 2.05) is 36.0 Å². The smallest absolute Gasteiger partial charge is 0.159 e. The van der Waals surface area contributed by atoms with Crippen molar-refractivity contribution in [2.75, 3.05) is 13.2 Å². The van der Waals surface area contributed by atoms with E-state index in [2.05, 4.69) is 0 Å². The van der Waals surface area contributed by atoms with Gasteiger partial charge in [-0.15, -0.1) is 11.8 Å². The van der Waals surface area contributed by atoms with Crippen LogP contribution in [-0.4, -0.2) is 24.2 Å². The molecular weight excluding hydrogens is 208 g/mol. The van der Waals surface area contributed by atoms with Crippen molar-refractivity contribution in [3.63, 3.8) is 0 Å². The highest BCUT2D eigenvalue weighted by molar-refractivity contribution is 8.00. The van der Waals surface area contributed by atoms with E-state index in [1.54, 1.807) is 6.92 Å². The molecule has 0 amide bonds. The van der Waals surface area contributed by atoms with Gasteiger partial charge in [-0.25, -0.2) is 0 Å². The van der Waals surface area contributed by atoms with Gasteiger partial charge in [-0.2, -0.15) is 0 Å². The molecule has 1 unspecified atom stereocenters. The number of carbonyl (C=O) groups is 1. The number of ketones is 1. The van der Waals surface area contributed by atoms with Crippen molar-refractivity contribution in [2.24, 2.45) is 0 Å². The largest absolute Gasteiger partial charge is 0.380 e. The lowest BCUT2D eigenvalue weighted by Crippen LogP contribution is -2.00. The second-order valence-electron chi connectivity index (χ2n) is 3.68. The summed E-state index contributed by atoms with van der Waals surface area (Å²) in [6, 6.07) is 7.81. The van der Waals surface area contributed by atoms with Crippen molar-refractivity contribution in [3.8, 4) is 0 Å². The minimum atomic E-state index is 0.121. The molecule has 0 aliphatic carbocycles. The number of benzene rings is 1. The average Bonchev–Trinajstić information content (AvgIpc) is 2.71. The van der Waals surface area contributed by atoms with Crippen LogP contribution in [0.15, 0.2) is 29.2 Å². The van der Waals surface area contributed by atoms with E-state index in [0.717, 1.165) is 25.2 Å². The van der Waals surface area contributed by atoms with Crippen LogP contribution in [0.2, 0.25) is 0 Å². The maximum atomic E-state index is 11.1. The Bertz CT molecular complexity index is 339. The van der Waals surface area contributed by atoms with Gasteiger partial charge in [0.25, 0.3) is 0 Å². The first-order valence-corrected chi connectivity index (χ1v) is 5.99. The Hall–Kier alpha value is -0.800. The molecule has 15 heavy (non-hydrogen) atoms. The van der Waals surface area contributed by atoms with E-state index in [9.17, 15) is 4.79 Å². The molecule has 3 heteroatoms. The lowest BCUT2D eigenvalue weighted by atomic mass is 10.2. The van der Waals surface area contributed by atoms with Crippen molar-refractivity contribution in [1.82, 2.24) is 0 Å². The number of rotatable bonds is 3. The molecule has 0 radical (unpaired) electrons. The molecule has 1 aromatic rings. The Morgan fingerprint density at radius 2 is 2.13 bits per heavy atom. The fourth-order valence-electron chi connectivity index (χ4n) is 1.57. The maximum absolute atomic E-state index is 11.1. The van der Waals surface area contributed by atoms with Crippen LogP contribution in [0.25, 0.3) is 0 Å². The number of hydrogen-bond donors (Lipinski definition) is 0. The highest BCUT2D eigenvalue weighted by Crippen LogP contribution is 2.28. The average molecular weight is 222 g/mol. The Labute approximate surface area is 94.0 Å². The molecule has 0 spiro atoms. The van der Waals surface area contributed by atoms with Gasteiger partial charge in [0.1, 0.15) is 0 Å². The summed E-state index contributed by atoms with van der Waals surface area (Å²) in [7, 11) is 0. The molecule has 0 bridgehead atoms. The van der Waals surface area contributed by atoms with Crippen molar-refractivity contribution in [3.05, 3.63) is 29.8 Å². The lowest BCUT2D eigenvalue weighted by Gasteiger charge is -2.07. The zero-order valence-corrected chi connectivity index (χ0v) is 9.55. The first-order valence-electron chi connectivity index (χ1n) is 5.11. The zero-order chi connectivity index (χ0) is 10.7. The van der Waals surface area contributed by atoms with Gasteiger partial charge in [-0.3, -0.25) is 4.79 Å². The van der Waals surface area contributed by atoms with Gasteiger partial charge in [0.15, 0.2) is 5.78 Å². The highest BCUT2D eigenvalue weighted by atomic mass is 32.2. The normalized spacial score (nSPS) is 20.5.